The van der Waals surface area contributed by atoms with E-state index in [2.05, 4.69) is 25.7 Å². The van der Waals surface area contributed by atoms with Crippen LogP contribution in [-0.4, -0.2) is 29.6 Å². The van der Waals surface area contributed by atoms with E-state index in [1.165, 1.54) is 45.1 Å². The first-order valence-electron chi connectivity index (χ1n) is 7.04. The lowest BCUT2D eigenvalue weighted by Gasteiger charge is -2.50. The van der Waals surface area contributed by atoms with E-state index in [0.717, 1.165) is 12.6 Å². The zero-order chi connectivity index (χ0) is 11.8. The van der Waals surface area contributed by atoms with Gasteiger partial charge in [-0.3, -0.25) is 4.90 Å². The van der Waals surface area contributed by atoms with Crippen molar-refractivity contribution in [2.75, 3.05) is 13.1 Å². The first-order valence-corrected chi connectivity index (χ1v) is 7.04. The van der Waals surface area contributed by atoms with Crippen molar-refractivity contribution in [3.05, 3.63) is 0 Å². The van der Waals surface area contributed by atoms with Gasteiger partial charge >= 0.3 is 0 Å². The van der Waals surface area contributed by atoms with Gasteiger partial charge in [-0.05, 0) is 44.1 Å². The van der Waals surface area contributed by atoms with Crippen LogP contribution < -0.4 is 5.73 Å². The summed E-state index contributed by atoms with van der Waals surface area (Å²) in [6.45, 7) is 9.31. The summed E-state index contributed by atoms with van der Waals surface area (Å²) in [5.41, 5.74) is 6.90. The Balaban J connectivity index is 2.27. The third kappa shape index (κ3) is 1.62. The summed E-state index contributed by atoms with van der Waals surface area (Å²) in [6.07, 6.45) is 8.06. The number of nitrogens with zero attached hydrogens (tertiary/aromatic N) is 1. The van der Waals surface area contributed by atoms with Gasteiger partial charge in [0.2, 0.25) is 0 Å². The Morgan fingerprint density at radius 2 is 2.00 bits per heavy atom. The minimum Gasteiger partial charge on any atom is -0.329 e. The molecule has 2 fully saturated rings. The highest BCUT2D eigenvalue weighted by molar-refractivity contribution is 5.09. The summed E-state index contributed by atoms with van der Waals surface area (Å²) in [6, 6.07) is 0.793. The van der Waals surface area contributed by atoms with E-state index in [1.54, 1.807) is 0 Å². The van der Waals surface area contributed by atoms with E-state index in [9.17, 15) is 0 Å². The normalized spacial score (nSPS) is 39.4. The van der Waals surface area contributed by atoms with Crippen LogP contribution in [0.15, 0.2) is 0 Å². The quantitative estimate of drug-likeness (QED) is 0.798. The molecule has 0 radical (unpaired) electrons. The fourth-order valence-electron chi connectivity index (χ4n) is 4.25. The molecule has 2 unspecified atom stereocenters. The highest BCUT2D eigenvalue weighted by Crippen LogP contribution is 2.51. The zero-order valence-corrected chi connectivity index (χ0v) is 11.3. The first-order chi connectivity index (χ1) is 7.57. The smallest absolute Gasteiger partial charge is 0.0385 e. The molecule has 2 atom stereocenters. The van der Waals surface area contributed by atoms with Crippen LogP contribution in [0.4, 0.5) is 0 Å². The van der Waals surface area contributed by atoms with Crippen molar-refractivity contribution in [2.45, 2.75) is 70.9 Å². The summed E-state index contributed by atoms with van der Waals surface area (Å²) in [5.74, 6) is 0. The van der Waals surface area contributed by atoms with Gasteiger partial charge in [-0.2, -0.15) is 0 Å². The molecule has 1 aliphatic heterocycles. The van der Waals surface area contributed by atoms with E-state index in [-0.39, 0.29) is 0 Å². The van der Waals surface area contributed by atoms with Crippen LogP contribution in [0.1, 0.15) is 59.3 Å². The molecule has 0 aromatic rings. The highest BCUT2D eigenvalue weighted by Gasteiger charge is 2.53. The van der Waals surface area contributed by atoms with Crippen molar-refractivity contribution >= 4 is 0 Å². The Morgan fingerprint density at radius 3 is 2.50 bits per heavy atom. The molecule has 0 amide bonds. The Labute approximate surface area is 101 Å². The molecule has 1 heterocycles. The lowest BCUT2D eigenvalue weighted by Crippen LogP contribution is -2.61. The lowest BCUT2D eigenvalue weighted by molar-refractivity contribution is 0.00199. The summed E-state index contributed by atoms with van der Waals surface area (Å²) in [5, 5.41) is 0. The van der Waals surface area contributed by atoms with E-state index < -0.39 is 0 Å². The number of rotatable bonds is 3. The summed E-state index contributed by atoms with van der Waals surface area (Å²) in [4.78, 5) is 2.78. The summed E-state index contributed by atoms with van der Waals surface area (Å²) in [7, 11) is 0. The molecule has 2 heteroatoms. The van der Waals surface area contributed by atoms with Crippen molar-refractivity contribution < 1.29 is 0 Å². The fraction of sp³-hybridized carbons (Fsp3) is 1.00. The van der Waals surface area contributed by atoms with Gasteiger partial charge in [-0.25, -0.2) is 0 Å². The van der Waals surface area contributed by atoms with Gasteiger partial charge < -0.3 is 5.73 Å². The Bertz CT molecular complexity index is 249. The minimum absolute atomic E-state index is 0.296. The Kier molecular flexibility index (Phi) is 3.33. The third-order valence-corrected chi connectivity index (χ3v) is 5.39. The van der Waals surface area contributed by atoms with Crippen LogP contribution in [0, 0.1) is 5.41 Å². The Hall–Kier alpha value is -0.0800. The van der Waals surface area contributed by atoms with E-state index in [0.29, 0.717) is 11.0 Å². The van der Waals surface area contributed by atoms with Crippen LogP contribution >= 0.6 is 0 Å². The molecule has 2 rings (SSSR count). The molecule has 16 heavy (non-hydrogen) atoms. The van der Waals surface area contributed by atoms with Crippen molar-refractivity contribution in [1.82, 2.24) is 4.90 Å². The van der Waals surface area contributed by atoms with Crippen molar-refractivity contribution in [3.63, 3.8) is 0 Å². The first kappa shape index (κ1) is 12.4. The minimum atomic E-state index is 0.296. The second kappa shape index (κ2) is 4.30. The molecule has 2 N–H and O–H groups in total. The van der Waals surface area contributed by atoms with Crippen LogP contribution in [0.3, 0.4) is 0 Å². The largest absolute Gasteiger partial charge is 0.329 e. The van der Waals surface area contributed by atoms with Gasteiger partial charge in [0.1, 0.15) is 0 Å². The molecule has 2 nitrogen and oxygen atoms in total. The molecule has 2 aliphatic rings. The maximum atomic E-state index is 6.20. The van der Waals surface area contributed by atoms with E-state index in [4.69, 9.17) is 5.73 Å². The van der Waals surface area contributed by atoms with Crippen LogP contribution in [0.5, 0.6) is 0 Å². The molecule has 94 valence electrons. The van der Waals surface area contributed by atoms with Gasteiger partial charge in [0.05, 0.1) is 0 Å². The zero-order valence-electron chi connectivity index (χ0n) is 11.3. The molecule has 0 aromatic carbocycles. The standard InChI is InChI=1S/C14H28N2/c1-4-12-7-5-10-16(12)14(11-15)9-6-8-13(14,2)3/h12H,4-11,15H2,1-3H3. The van der Waals surface area contributed by atoms with Crippen molar-refractivity contribution in [2.24, 2.45) is 11.1 Å². The SMILES string of the molecule is CCC1CCCN1C1(CN)CCCC1(C)C. The predicted molar refractivity (Wildman–Crippen MR) is 69.4 cm³/mol. The van der Waals surface area contributed by atoms with Crippen LogP contribution in [-0.2, 0) is 0 Å². The molecule has 0 spiro atoms. The highest BCUT2D eigenvalue weighted by atomic mass is 15.3. The van der Waals surface area contributed by atoms with E-state index in [1.807, 2.05) is 0 Å². The number of likely N-dealkylation sites (tertiary alicyclic amines) is 1. The summed E-state index contributed by atoms with van der Waals surface area (Å²) < 4.78 is 0. The second-order valence-corrected chi connectivity index (χ2v) is 6.37. The number of hydrogen-bond donors (Lipinski definition) is 1. The lowest BCUT2D eigenvalue weighted by atomic mass is 9.73. The Morgan fingerprint density at radius 1 is 1.25 bits per heavy atom. The summed E-state index contributed by atoms with van der Waals surface area (Å²) >= 11 is 0. The molecule has 1 saturated heterocycles. The second-order valence-electron chi connectivity index (χ2n) is 6.37. The van der Waals surface area contributed by atoms with Crippen LogP contribution in [0.2, 0.25) is 0 Å². The molecule has 1 saturated carbocycles. The molecular weight excluding hydrogens is 196 g/mol. The maximum absolute atomic E-state index is 6.20. The average molecular weight is 224 g/mol. The van der Waals surface area contributed by atoms with Crippen LogP contribution in [0.25, 0.3) is 0 Å². The molecule has 1 aliphatic carbocycles. The van der Waals surface area contributed by atoms with Gasteiger partial charge in [0.15, 0.2) is 0 Å². The van der Waals surface area contributed by atoms with Gasteiger partial charge in [0.25, 0.3) is 0 Å². The van der Waals surface area contributed by atoms with Gasteiger partial charge in [0, 0.05) is 18.1 Å². The maximum Gasteiger partial charge on any atom is 0.0385 e. The number of hydrogen-bond acceptors (Lipinski definition) is 2. The van der Waals surface area contributed by atoms with Crippen molar-refractivity contribution in [3.8, 4) is 0 Å². The number of nitrogens with two attached hydrogens (primary N) is 1. The predicted octanol–water partition coefficient (Wildman–Crippen LogP) is 2.77. The third-order valence-electron chi connectivity index (χ3n) is 5.39. The molecular formula is C14H28N2. The van der Waals surface area contributed by atoms with Crippen molar-refractivity contribution in [1.29, 1.82) is 0 Å². The average Bonchev–Trinajstić information content (AvgIpc) is 2.82. The fourth-order valence-corrected chi connectivity index (χ4v) is 4.25. The molecule has 0 bridgehead atoms. The van der Waals surface area contributed by atoms with Gasteiger partial charge in [-0.15, -0.1) is 0 Å². The van der Waals surface area contributed by atoms with E-state index >= 15 is 0 Å². The monoisotopic (exact) mass is 224 g/mol. The molecule has 0 aromatic heterocycles. The van der Waals surface area contributed by atoms with Gasteiger partial charge in [-0.1, -0.05) is 27.2 Å². The topological polar surface area (TPSA) is 29.3 Å².